The number of nitriles is 2. The van der Waals surface area contributed by atoms with E-state index in [1.807, 2.05) is 0 Å². The van der Waals surface area contributed by atoms with Crippen LogP contribution in [0.4, 0.5) is 0 Å². The van der Waals surface area contributed by atoms with Crippen molar-refractivity contribution in [3.8, 4) is 12.4 Å². The van der Waals surface area contributed by atoms with Gasteiger partial charge >= 0.3 is 0 Å². The predicted molar refractivity (Wildman–Crippen MR) is 64.2 cm³/mol. The van der Waals surface area contributed by atoms with E-state index >= 15 is 0 Å². The highest BCUT2D eigenvalue weighted by Crippen LogP contribution is 2.23. The number of nitrogens with two attached hydrogens (primary N) is 2. The summed E-state index contributed by atoms with van der Waals surface area (Å²) in [5.74, 6) is 0. The van der Waals surface area contributed by atoms with Gasteiger partial charge in [0, 0.05) is 7.11 Å². The molecule has 0 aliphatic heterocycles. The summed E-state index contributed by atoms with van der Waals surface area (Å²) in [5.41, 5.74) is 9.21. The molecule has 0 aromatic heterocycles. The molecule has 4 N–H and O–H groups in total. The third-order valence-corrected chi connectivity index (χ3v) is 3.35. The van der Waals surface area contributed by atoms with Crippen molar-refractivity contribution in [3.05, 3.63) is 0 Å². The molecule has 0 spiro atoms. The minimum Gasteiger partial charge on any atom is -0.380 e. The second-order valence-corrected chi connectivity index (χ2v) is 3.92. The fraction of sp³-hybridized carbons (Fsp3) is 0.778. The molecule has 5 nitrogen and oxygen atoms in total. The number of hydrogen-bond donors (Lipinski definition) is 2. The van der Waals surface area contributed by atoms with Gasteiger partial charge in [0.2, 0.25) is 0 Å². The van der Waals surface area contributed by atoms with Crippen molar-refractivity contribution in [2.24, 2.45) is 11.5 Å². The molecule has 0 saturated heterocycles. The molecular formula is C9H21N4OP. The normalized spacial score (nSPS) is 8.13. The van der Waals surface area contributed by atoms with E-state index in [9.17, 15) is 0 Å². The summed E-state index contributed by atoms with van der Waals surface area (Å²) in [4.78, 5) is 0. The first kappa shape index (κ1) is 19.5. The van der Waals surface area contributed by atoms with Crippen LogP contribution in [-0.2, 0) is 4.74 Å². The number of nitrogens with zero attached hydrogens (tertiary/aromatic N) is 2. The van der Waals surface area contributed by atoms with Crippen LogP contribution in [0.25, 0.3) is 0 Å². The van der Waals surface area contributed by atoms with Gasteiger partial charge in [0.1, 0.15) is 0 Å². The van der Waals surface area contributed by atoms with Gasteiger partial charge in [-0.1, -0.05) is 22.4 Å². The van der Waals surface area contributed by atoms with Crippen molar-refractivity contribution >= 4 is 8.58 Å². The van der Waals surface area contributed by atoms with Gasteiger partial charge in [-0.3, -0.25) is 0 Å². The molecule has 0 rings (SSSR count). The molecule has 0 aromatic rings. The van der Waals surface area contributed by atoms with Gasteiger partial charge in [0.25, 0.3) is 0 Å². The first-order valence-corrected chi connectivity index (χ1v) is 5.88. The molecule has 88 valence electrons. The average Bonchev–Trinajstić information content (AvgIpc) is 2.22. The first-order chi connectivity index (χ1) is 7.17. The van der Waals surface area contributed by atoms with E-state index in [0.717, 1.165) is 20.6 Å². The maximum absolute atomic E-state index is 7.10. The van der Waals surface area contributed by atoms with Gasteiger partial charge in [-0.2, -0.15) is 10.5 Å². The largest absolute Gasteiger partial charge is 0.380 e. The summed E-state index contributed by atoms with van der Waals surface area (Å²) < 4.78 is 4.99. The number of hydrogen-bond acceptors (Lipinski definition) is 5. The van der Waals surface area contributed by atoms with Crippen molar-refractivity contribution in [3.63, 3.8) is 0 Å². The van der Waals surface area contributed by atoms with Gasteiger partial charge < -0.3 is 16.2 Å². The minimum atomic E-state index is 0.907. The summed E-state index contributed by atoms with van der Waals surface area (Å²) in [6, 6.07) is 0. The molecule has 6 heteroatoms. The smallest absolute Gasteiger partial charge is 0.173 e. The van der Waals surface area contributed by atoms with Crippen LogP contribution in [0.15, 0.2) is 0 Å². The van der Waals surface area contributed by atoms with Crippen LogP contribution in [-0.4, -0.2) is 19.1 Å². The Labute approximate surface area is 94.2 Å². The van der Waals surface area contributed by atoms with Crippen LogP contribution in [0.5, 0.6) is 0 Å². The van der Waals surface area contributed by atoms with Gasteiger partial charge in [0.05, 0.1) is 6.35 Å². The maximum atomic E-state index is 7.10. The zero-order valence-corrected chi connectivity index (χ0v) is 10.7. The Morgan fingerprint density at radius 1 is 1.20 bits per heavy atom. The summed E-state index contributed by atoms with van der Waals surface area (Å²) in [6.45, 7) is 4.49. The second-order valence-electron chi connectivity index (χ2n) is 2.41. The van der Waals surface area contributed by atoms with E-state index in [0.29, 0.717) is 0 Å². The molecule has 0 aliphatic rings. The summed E-state index contributed by atoms with van der Waals surface area (Å²) >= 11 is 0. The maximum Gasteiger partial charge on any atom is 0.173 e. The van der Waals surface area contributed by atoms with Crippen molar-refractivity contribution in [2.75, 3.05) is 13.5 Å². The average molecular weight is 232 g/mol. The van der Waals surface area contributed by atoms with Crippen molar-refractivity contribution in [1.82, 2.24) is 0 Å². The molecule has 0 aliphatic carbocycles. The fourth-order valence-corrected chi connectivity index (χ4v) is 1.76. The minimum absolute atomic E-state index is 0.907. The highest BCUT2D eigenvalue weighted by molar-refractivity contribution is 7.38. The van der Waals surface area contributed by atoms with E-state index in [-0.39, 0.29) is 0 Å². The molecule has 0 bridgehead atoms. The molecule has 15 heavy (non-hydrogen) atoms. The van der Waals surface area contributed by atoms with E-state index < -0.39 is 0 Å². The highest BCUT2D eigenvalue weighted by Gasteiger charge is 2.00. The van der Waals surface area contributed by atoms with E-state index in [1.54, 1.807) is 7.11 Å². The lowest BCUT2D eigenvalue weighted by Gasteiger charge is -2.10. The summed E-state index contributed by atoms with van der Waals surface area (Å²) in [5, 5.41) is 14.2. The van der Waals surface area contributed by atoms with Crippen molar-refractivity contribution in [1.29, 1.82) is 10.5 Å². The Morgan fingerprint density at radius 2 is 1.53 bits per heavy atom. The van der Waals surface area contributed by atoms with Crippen LogP contribution in [0.2, 0.25) is 0 Å². The standard InChI is InChI=1S/C7H17OP.2CH2N2/c1-4-7(5-2)9-6-8-3;2*2-1-3/h7,9H,4-6H2,1-3H3;2*2H2. The fourth-order valence-electron chi connectivity index (χ4n) is 0.779. The van der Waals surface area contributed by atoms with Crippen LogP contribution < -0.4 is 11.5 Å². The summed E-state index contributed by atoms with van der Waals surface area (Å²) in [7, 11) is 2.77. The van der Waals surface area contributed by atoms with Gasteiger partial charge in [-0.25, -0.2) is 0 Å². The second kappa shape index (κ2) is 23.1. The van der Waals surface area contributed by atoms with Crippen molar-refractivity contribution < 1.29 is 4.74 Å². The molecule has 0 radical (unpaired) electrons. The molecule has 0 saturated carbocycles. The van der Waals surface area contributed by atoms with E-state index in [1.165, 1.54) is 25.2 Å². The highest BCUT2D eigenvalue weighted by atomic mass is 31.1. The third-order valence-electron chi connectivity index (χ3n) is 1.50. The first-order valence-electron chi connectivity index (χ1n) is 4.59. The Balaban J connectivity index is -0.000000200. The lowest BCUT2D eigenvalue weighted by molar-refractivity contribution is 0.256. The Morgan fingerprint density at radius 3 is 1.73 bits per heavy atom. The van der Waals surface area contributed by atoms with Gasteiger partial charge in [-0.15, -0.1) is 0 Å². The van der Waals surface area contributed by atoms with Crippen LogP contribution >= 0.6 is 8.58 Å². The molecule has 0 fully saturated rings. The topological polar surface area (TPSA) is 109 Å². The number of ether oxygens (including phenoxy) is 1. The molecule has 1 unspecified atom stereocenters. The van der Waals surface area contributed by atoms with E-state index in [4.69, 9.17) is 15.3 Å². The lowest BCUT2D eigenvalue weighted by atomic mass is 10.3. The SMILES string of the molecule is CCC(CC)PCOC.N#CN.N#CN. The number of rotatable bonds is 5. The Kier molecular flexibility index (Phi) is 30.1. The monoisotopic (exact) mass is 232 g/mol. The number of methoxy groups -OCH3 is 1. The Hall–Kier alpha value is -1.03. The molecule has 1 atom stereocenters. The zero-order chi connectivity index (χ0) is 12.5. The quantitative estimate of drug-likeness (QED) is 0.422. The van der Waals surface area contributed by atoms with Crippen LogP contribution in [0.1, 0.15) is 26.7 Å². The zero-order valence-electron chi connectivity index (χ0n) is 9.66. The predicted octanol–water partition coefficient (Wildman–Crippen LogP) is 1.31. The van der Waals surface area contributed by atoms with Gasteiger partial charge in [-0.05, 0) is 18.5 Å². The lowest BCUT2D eigenvalue weighted by Crippen LogP contribution is -1.97. The van der Waals surface area contributed by atoms with Crippen molar-refractivity contribution in [2.45, 2.75) is 32.3 Å². The van der Waals surface area contributed by atoms with Gasteiger partial charge in [0.15, 0.2) is 12.4 Å². The molecular weight excluding hydrogens is 211 g/mol. The molecule has 0 amide bonds. The molecule has 0 heterocycles. The Bertz CT molecular complexity index is 160. The van der Waals surface area contributed by atoms with Crippen LogP contribution in [0, 0.1) is 22.9 Å². The third kappa shape index (κ3) is 32.1. The molecule has 0 aromatic carbocycles. The van der Waals surface area contributed by atoms with E-state index in [2.05, 4.69) is 25.3 Å². The summed E-state index contributed by atoms with van der Waals surface area (Å²) in [6.07, 6.45) is 6.06. The van der Waals surface area contributed by atoms with Crippen LogP contribution in [0.3, 0.4) is 0 Å².